The predicted octanol–water partition coefficient (Wildman–Crippen LogP) is 0.852. The maximum absolute atomic E-state index is 11.0. The second-order valence-electron chi connectivity index (χ2n) is 4.88. The van der Waals surface area contributed by atoms with E-state index in [-0.39, 0.29) is 12.6 Å². The van der Waals surface area contributed by atoms with Crippen LogP contribution >= 0.6 is 0 Å². The Hall–Kier alpha value is -1.79. The number of carboxylic acid groups (broad SMARTS) is 1. The number of aliphatic hydroxyl groups is 1. The number of ether oxygens (including phenoxy) is 1. The lowest BCUT2D eigenvalue weighted by molar-refractivity contribution is 0.0368. The maximum atomic E-state index is 11.0. The van der Waals surface area contributed by atoms with Crippen molar-refractivity contribution in [2.45, 2.75) is 12.6 Å². The van der Waals surface area contributed by atoms with E-state index < -0.39 is 6.09 Å². The fraction of sp³-hybridized carbons (Fsp3) is 0.500. The Morgan fingerprint density at radius 1 is 1.35 bits per heavy atom. The summed E-state index contributed by atoms with van der Waals surface area (Å²) in [7, 11) is 1.63. The summed E-state index contributed by atoms with van der Waals surface area (Å²) in [6, 6.07) is 7.61. The van der Waals surface area contributed by atoms with Crippen molar-refractivity contribution >= 4 is 6.09 Å². The molecule has 1 aromatic rings. The molecule has 0 spiro atoms. The highest BCUT2D eigenvalue weighted by atomic mass is 16.5. The van der Waals surface area contributed by atoms with Gasteiger partial charge in [-0.25, -0.2) is 4.79 Å². The number of benzene rings is 1. The van der Waals surface area contributed by atoms with Crippen LogP contribution in [-0.2, 0) is 6.54 Å². The second-order valence-corrected chi connectivity index (χ2v) is 4.88. The van der Waals surface area contributed by atoms with Gasteiger partial charge >= 0.3 is 6.09 Å². The molecule has 1 heterocycles. The lowest BCUT2D eigenvalue weighted by Crippen LogP contribution is -2.55. The number of aliphatic hydroxyl groups excluding tert-OH is 1. The number of hydrogen-bond donors (Lipinski definition) is 2. The minimum atomic E-state index is -0.924. The smallest absolute Gasteiger partial charge is 0.407 e. The summed E-state index contributed by atoms with van der Waals surface area (Å²) in [4.78, 5) is 14.4. The highest BCUT2D eigenvalue weighted by Gasteiger charge is 2.28. The van der Waals surface area contributed by atoms with Gasteiger partial charge in [0.15, 0.2) is 0 Å². The van der Waals surface area contributed by atoms with E-state index in [1.807, 2.05) is 24.3 Å². The molecule has 2 N–H and O–H groups in total. The van der Waals surface area contributed by atoms with Crippen LogP contribution in [0.4, 0.5) is 4.79 Å². The molecule has 0 aliphatic carbocycles. The van der Waals surface area contributed by atoms with E-state index in [2.05, 4.69) is 4.90 Å². The van der Waals surface area contributed by atoms with Crippen molar-refractivity contribution in [2.24, 2.45) is 0 Å². The highest BCUT2D eigenvalue weighted by Crippen LogP contribution is 2.17. The molecule has 6 nitrogen and oxygen atoms in total. The van der Waals surface area contributed by atoms with Gasteiger partial charge in [-0.2, -0.15) is 0 Å². The molecule has 110 valence electrons. The summed E-state index contributed by atoms with van der Waals surface area (Å²) in [6.07, 6.45) is -0.924. The number of amides is 1. The third-order valence-corrected chi connectivity index (χ3v) is 3.63. The summed E-state index contributed by atoms with van der Waals surface area (Å²) < 4.78 is 5.12. The first kappa shape index (κ1) is 14.6. The molecule has 1 amide bonds. The van der Waals surface area contributed by atoms with E-state index in [1.54, 1.807) is 7.11 Å². The van der Waals surface area contributed by atoms with Gasteiger partial charge in [-0.05, 0) is 17.7 Å². The van der Waals surface area contributed by atoms with Gasteiger partial charge in [0.2, 0.25) is 0 Å². The maximum Gasteiger partial charge on any atom is 0.407 e. The summed E-state index contributed by atoms with van der Waals surface area (Å²) >= 11 is 0. The van der Waals surface area contributed by atoms with Crippen LogP contribution in [-0.4, -0.2) is 65.5 Å². The zero-order valence-electron chi connectivity index (χ0n) is 11.5. The summed E-state index contributed by atoms with van der Waals surface area (Å²) in [5.74, 6) is 0.808. The quantitative estimate of drug-likeness (QED) is 0.855. The van der Waals surface area contributed by atoms with Crippen LogP contribution in [0.25, 0.3) is 0 Å². The van der Waals surface area contributed by atoms with E-state index in [4.69, 9.17) is 9.84 Å². The lowest BCUT2D eigenvalue weighted by atomic mass is 10.1. The van der Waals surface area contributed by atoms with Crippen LogP contribution in [0.15, 0.2) is 24.3 Å². The molecule has 0 bridgehead atoms. The molecule has 1 saturated heterocycles. The van der Waals surface area contributed by atoms with E-state index in [1.165, 1.54) is 4.90 Å². The molecule has 1 fully saturated rings. The molecule has 1 aliphatic rings. The van der Waals surface area contributed by atoms with Gasteiger partial charge in [0, 0.05) is 26.2 Å². The molecule has 1 aliphatic heterocycles. The van der Waals surface area contributed by atoms with Crippen LogP contribution in [0, 0.1) is 0 Å². The van der Waals surface area contributed by atoms with Gasteiger partial charge in [-0.15, -0.1) is 0 Å². The minimum absolute atomic E-state index is 0.0417. The van der Waals surface area contributed by atoms with E-state index in [0.29, 0.717) is 26.2 Å². The third-order valence-electron chi connectivity index (χ3n) is 3.63. The van der Waals surface area contributed by atoms with Crippen molar-refractivity contribution in [1.29, 1.82) is 0 Å². The van der Waals surface area contributed by atoms with Gasteiger partial charge in [0.05, 0.1) is 19.8 Å². The average molecular weight is 280 g/mol. The Balaban J connectivity index is 1.99. The minimum Gasteiger partial charge on any atom is -0.497 e. The summed E-state index contributed by atoms with van der Waals surface area (Å²) in [5.41, 5.74) is 1.12. The number of piperazine rings is 1. The van der Waals surface area contributed by atoms with Crippen molar-refractivity contribution in [3.05, 3.63) is 29.8 Å². The van der Waals surface area contributed by atoms with Crippen molar-refractivity contribution in [1.82, 2.24) is 9.80 Å². The number of carbonyl (C=O) groups is 1. The van der Waals surface area contributed by atoms with Crippen molar-refractivity contribution < 1.29 is 19.7 Å². The van der Waals surface area contributed by atoms with Crippen LogP contribution in [0.2, 0.25) is 0 Å². The van der Waals surface area contributed by atoms with Gasteiger partial charge in [-0.1, -0.05) is 12.1 Å². The lowest BCUT2D eigenvalue weighted by Gasteiger charge is -2.39. The fourth-order valence-electron chi connectivity index (χ4n) is 2.41. The Morgan fingerprint density at radius 3 is 2.60 bits per heavy atom. The van der Waals surface area contributed by atoms with Gasteiger partial charge in [-0.3, -0.25) is 4.90 Å². The van der Waals surface area contributed by atoms with Gasteiger partial charge < -0.3 is 19.8 Å². The molecule has 0 unspecified atom stereocenters. The molecule has 1 atom stereocenters. The van der Waals surface area contributed by atoms with Crippen molar-refractivity contribution in [3.8, 4) is 5.75 Å². The highest BCUT2D eigenvalue weighted by molar-refractivity contribution is 5.65. The Morgan fingerprint density at radius 2 is 2.05 bits per heavy atom. The standard InChI is InChI=1S/C14H20N2O4/c1-20-13-4-2-11(3-5-13)8-15-6-7-16(14(18)19)9-12(15)10-17/h2-5,12,17H,6-10H2,1H3,(H,18,19)/t12-/m0/s1. The van der Waals surface area contributed by atoms with Crippen molar-refractivity contribution in [2.75, 3.05) is 33.4 Å². The van der Waals surface area contributed by atoms with E-state index in [0.717, 1.165) is 11.3 Å². The molecule has 20 heavy (non-hydrogen) atoms. The Kier molecular flexibility index (Phi) is 4.81. The summed E-state index contributed by atoms with van der Waals surface area (Å²) in [5, 5.41) is 18.4. The molecule has 2 rings (SSSR count). The van der Waals surface area contributed by atoms with Gasteiger partial charge in [0.25, 0.3) is 0 Å². The van der Waals surface area contributed by atoms with E-state index in [9.17, 15) is 9.90 Å². The average Bonchev–Trinajstić information content (AvgIpc) is 2.48. The second kappa shape index (κ2) is 6.58. The van der Waals surface area contributed by atoms with Crippen LogP contribution in [0.3, 0.4) is 0 Å². The molecule has 0 radical (unpaired) electrons. The van der Waals surface area contributed by atoms with Crippen LogP contribution in [0.1, 0.15) is 5.56 Å². The van der Waals surface area contributed by atoms with Crippen LogP contribution in [0.5, 0.6) is 5.75 Å². The molecular formula is C14H20N2O4. The zero-order valence-corrected chi connectivity index (χ0v) is 11.5. The number of rotatable bonds is 4. The Labute approximate surface area is 118 Å². The fourth-order valence-corrected chi connectivity index (χ4v) is 2.41. The Bertz CT molecular complexity index is 449. The monoisotopic (exact) mass is 280 g/mol. The number of methoxy groups -OCH3 is 1. The molecule has 1 aromatic carbocycles. The predicted molar refractivity (Wildman–Crippen MR) is 73.9 cm³/mol. The number of nitrogens with zero attached hydrogens (tertiary/aromatic N) is 2. The zero-order chi connectivity index (χ0) is 14.5. The molecule has 0 saturated carbocycles. The third kappa shape index (κ3) is 3.40. The first-order valence-electron chi connectivity index (χ1n) is 6.59. The SMILES string of the molecule is COc1ccc(CN2CCN(C(=O)O)C[C@H]2CO)cc1. The normalized spacial score (nSPS) is 19.9. The van der Waals surface area contributed by atoms with Crippen molar-refractivity contribution in [3.63, 3.8) is 0 Å². The van der Waals surface area contributed by atoms with Crippen LogP contribution < -0.4 is 4.74 Å². The first-order valence-corrected chi connectivity index (χ1v) is 6.59. The first-order chi connectivity index (χ1) is 9.63. The van der Waals surface area contributed by atoms with E-state index >= 15 is 0 Å². The number of hydrogen-bond acceptors (Lipinski definition) is 4. The molecular weight excluding hydrogens is 260 g/mol. The molecule has 0 aromatic heterocycles. The van der Waals surface area contributed by atoms with Gasteiger partial charge in [0.1, 0.15) is 5.75 Å². The topological polar surface area (TPSA) is 73.2 Å². The largest absolute Gasteiger partial charge is 0.497 e. The molecule has 6 heteroatoms. The summed E-state index contributed by atoms with van der Waals surface area (Å²) in [6.45, 7) is 2.11.